The molecule has 186 valence electrons. The fraction of sp³-hybridized carbons (Fsp3) is 0.241. The Balaban J connectivity index is 1.47. The number of hydrogen-bond donors (Lipinski definition) is 0. The van der Waals surface area contributed by atoms with Gasteiger partial charge >= 0.3 is 0 Å². The maximum absolute atomic E-state index is 12.7. The van der Waals surface area contributed by atoms with E-state index in [9.17, 15) is 10.1 Å². The van der Waals surface area contributed by atoms with Crippen LogP contribution in [0.4, 0.5) is 0 Å². The van der Waals surface area contributed by atoms with Crippen LogP contribution < -0.4 is 0 Å². The fourth-order valence-corrected chi connectivity index (χ4v) is 5.95. The van der Waals surface area contributed by atoms with Gasteiger partial charge in [0.1, 0.15) is 6.04 Å². The van der Waals surface area contributed by atoms with Crippen molar-refractivity contribution in [3.8, 4) is 6.07 Å². The van der Waals surface area contributed by atoms with E-state index in [-0.39, 0.29) is 16.9 Å². The molecule has 4 aromatic rings. The van der Waals surface area contributed by atoms with E-state index in [1.807, 2.05) is 85.1 Å². The number of halogens is 1. The quantitative estimate of drug-likeness (QED) is 0.208. The fourth-order valence-electron chi connectivity index (χ4n) is 5.38. The van der Waals surface area contributed by atoms with Crippen molar-refractivity contribution < 1.29 is 4.92 Å². The molecule has 0 unspecified atom stereocenters. The number of nitro groups is 1. The highest BCUT2D eigenvalue weighted by atomic mass is 79.9. The molecule has 0 spiro atoms. The van der Waals surface area contributed by atoms with Crippen molar-refractivity contribution in [2.75, 3.05) is 6.54 Å². The summed E-state index contributed by atoms with van der Waals surface area (Å²) in [7, 11) is 0. The Hall–Kier alpha value is -3.80. The Bertz CT molecular complexity index is 1410. The van der Waals surface area contributed by atoms with Crippen LogP contribution in [0.3, 0.4) is 0 Å². The summed E-state index contributed by atoms with van der Waals surface area (Å²) in [5, 5.41) is 21.7. The highest BCUT2D eigenvalue weighted by Crippen LogP contribution is 2.43. The van der Waals surface area contributed by atoms with E-state index < -0.39 is 6.04 Å². The summed E-state index contributed by atoms with van der Waals surface area (Å²) in [6.45, 7) is 1.88. The number of likely N-dealkylation sites (tertiary alicyclic amines) is 1. The molecule has 1 aromatic heterocycles. The van der Waals surface area contributed by atoms with E-state index >= 15 is 0 Å². The van der Waals surface area contributed by atoms with Gasteiger partial charge in [0.25, 0.3) is 0 Å². The molecule has 0 radical (unpaired) electrons. The van der Waals surface area contributed by atoms with Crippen molar-refractivity contribution in [3.05, 3.63) is 134 Å². The van der Waals surface area contributed by atoms with Gasteiger partial charge in [0.05, 0.1) is 29.6 Å². The summed E-state index contributed by atoms with van der Waals surface area (Å²) in [5.74, 6) is -0.212. The van der Waals surface area contributed by atoms with Gasteiger partial charge in [-0.25, -0.2) is 4.98 Å². The zero-order chi connectivity index (χ0) is 25.8. The number of imidazole rings is 1. The summed E-state index contributed by atoms with van der Waals surface area (Å²) in [6.07, 6.45) is 4.32. The van der Waals surface area contributed by atoms with Gasteiger partial charge in [-0.05, 0) is 41.3 Å². The molecule has 0 saturated carbocycles. The maximum Gasteiger partial charge on any atom is 0.239 e. The Morgan fingerprint density at radius 2 is 1.76 bits per heavy atom. The summed E-state index contributed by atoms with van der Waals surface area (Å²) >= 11 is 3.63. The van der Waals surface area contributed by atoms with Gasteiger partial charge in [-0.2, -0.15) is 5.26 Å². The number of nitriles is 1. The molecule has 1 fully saturated rings. The zero-order valence-corrected chi connectivity index (χ0v) is 21.7. The number of rotatable bonds is 7. The molecule has 37 heavy (non-hydrogen) atoms. The van der Waals surface area contributed by atoms with Crippen LogP contribution in [0, 0.1) is 21.4 Å². The monoisotopic (exact) mass is 555 g/mol. The standard InChI is InChI=1S/C29H26BrN5O2/c30-27-9-5-4-8-25(27)26-14-15-33(28(29(26)35(36)37)23-6-2-1-3-7-23)19-24-17-32-20-34(24)18-22-12-10-21(16-31)11-13-22/h1-13,17,20,26,28-29H,14-15,18-19H2/t26-,28+,29-/m0/s1. The second kappa shape index (κ2) is 11.1. The maximum atomic E-state index is 12.7. The molecule has 3 aromatic carbocycles. The largest absolute Gasteiger partial charge is 0.329 e. The van der Waals surface area contributed by atoms with Crippen LogP contribution in [-0.4, -0.2) is 32.0 Å². The van der Waals surface area contributed by atoms with Crippen LogP contribution in [0.15, 0.2) is 95.9 Å². The van der Waals surface area contributed by atoms with Gasteiger partial charge in [0, 0.05) is 35.2 Å². The minimum absolute atomic E-state index is 0.0953. The van der Waals surface area contributed by atoms with Crippen molar-refractivity contribution in [1.82, 2.24) is 14.5 Å². The molecule has 0 bridgehead atoms. The van der Waals surface area contributed by atoms with Crippen LogP contribution in [0.5, 0.6) is 0 Å². The van der Waals surface area contributed by atoms with Gasteiger partial charge in [-0.15, -0.1) is 0 Å². The first-order valence-corrected chi connectivity index (χ1v) is 13.0. The van der Waals surface area contributed by atoms with Crippen LogP contribution >= 0.6 is 15.9 Å². The second-order valence-corrected chi connectivity index (χ2v) is 10.2. The molecule has 1 aliphatic heterocycles. The first kappa shape index (κ1) is 24.9. The first-order valence-electron chi connectivity index (χ1n) is 12.2. The van der Waals surface area contributed by atoms with E-state index in [0.717, 1.165) is 33.4 Å². The van der Waals surface area contributed by atoms with Crippen molar-refractivity contribution in [2.24, 2.45) is 0 Å². The summed E-state index contributed by atoms with van der Waals surface area (Å²) < 4.78 is 2.98. The highest BCUT2D eigenvalue weighted by molar-refractivity contribution is 9.10. The van der Waals surface area contributed by atoms with E-state index in [0.29, 0.717) is 25.1 Å². The smallest absolute Gasteiger partial charge is 0.239 e. The third-order valence-corrected chi connectivity index (χ3v) is 7.87. The molecule has 1 aliphatic rings. The molecule has 7 nitrogen and oxygen atoms in total. The van der Waals surface area contributed by atoms with E-state index in [2.05, 4.69) is 36.5 Å². The average molecular weight is 556 g/mol. The topological polar surface area (TPSA) is 88.0 Å². The predicted octanol–water partition coefficient (Wildman–Crippen LogP) is 5.94. The lowest BCUT2D eigenvalue weighted by atomic mass is 9.78. The molecule has 1 saturated heterocycles. The lowest BCUT2D eigenvalue weighted by molar-refractivity contribution is -0.540. The molecule has 5 rings (SSSR count). The van der Waals surface area contributed by atoms with Crippen molar-refractivity contribution in [1.29, 1.82) is 5.26 Å². The van der Waals surface area contributed by atoms with Crippen molar-refractivity contribution in [3.63, 3.8) is 0 Å². The Morgan fingerprint density at radius 3 is 2.46 bits per heavy atom. The van der Waals surface area contributed by atoms with Crippen LogP contribution in [0.2, 0.25) is 0 Å². The summed E-state index contributed by atoms with van der Waals surface area (Å²) in [4.78, 5) is 19.2. The Labute approximate surface area is 224 Å². The van der Waals surface area contributed by atoms with Gasteiger partial charge in [-0.3, -0.25) is 15.0 Å². The molecule has 0 amide bonds. The van der Waals surface area contributed by atoms with Gasteiger partial charge in [0.15, 0.2) is 0 Å². The zero-order valence-electron chi connectivity index (χ0n) is 20.2. The number of benzene rings is 3. The van der Waals surface area contributed by atoms with Crippen molar-refractivity contribution in [2.45, 2.75) is 37.5 Å². The molecule has 3 atom stereocenters. The lowest BCUT2D eigenvalue weighted by Crippen LogP contribution is -2.49. The molecule has 8 heteroatoms. The molecular weight excluding hydrogens is 530 g/mol. The third-order valence-electron chi connectivity index (χ3n) is 7.15. The summed E-state index contributed by atoms with van der Waals surface area (Å²) in [6, 6.07) is 26.1. The minimum atomic E-state index is -0.801. The average Bonchev–Trinajstić information content (AvgIpc) is 3.36. The number of aromatic nitrogens is 2. The first-order chi connectivity index (χ1) is 18.0. The molecule has 0 N–H and O–H groups in total. The molecular formula is C29H26BrN5O2. The van der Waals surface area contributed by atoms with Crippen LogP contribution in [0.1, 0.15) is 46.3 Å². The normalized spacial score (nSPS) is 19.8. The number of nitrogens with zero attached hydrogens (tertiary/aromatic N) is 5. The van der Waals surface area contributed by atoms with Crippen LogP contribution in [-0.2, 0) is 13.1 Å². The van der Waals surface area contributed by atoms with E-state index in [1.54, 1.807) is 6.33 Å². The number of piperidine rings is 1. The Morgan fingerprint density at radius 1 is 1.03 bits per heavy atom. The van der Waals surface area contributed by atoms with E-state index in [1.165, 1.54) is 0 Å². The molecule has 2 heterocycles. The van der Waals surface area contributed by atoms with Gasteiger partial charge < -0.3 is 4.57 Å². The third kappa shape index (κ3) is 5.33. The molecule has 0 aliphatic carbocycles. The Kier molecular flexibility index (Phi) is 7.45. The highest BCUT2D eigenvalue weighted by Gasteiger charge is 2.48. The predicted molar refractivity (Wildman–Crippen MR) is 144 cm³/mol. The lowest BCUT2D eigenvalue weighted by Gasteiger charge is -2.41. The van der Waals surface area contributed by atoms with Crippen molar-refractivity contribution >= 4 is 15.9 Å². The number of hydrogen-bond acceptors (Lipinski definition) is 5. The summed E-state index contributed by atoms with van der Waals surface area (Å²) in [5.41, 5.74) is 4.61. The van der Waals surface area contributed by atoms with Gasteiger partial charge in [0.2, 0.25) is 6.04 Å². The van der Waals surface area contributed by atoms with Crippen LogP contribution in [0.25, 0.3) is 0 Å². The second-order valence-electron chi connectivity index (χ2n) is 9.34. The SMILES string of the molecule is N#Cc1ccc(Cn2cncc2CN2CC[C@@H](c3ccccc3Br)[C@H]([N+](=O)[O-])[C@H]2c2ccccc2)cc1. The van der Waals surface area contributed by atoms with E-state index in [4.69, 9.17) is 5.26 Å². The minimum Gasteiger partial charge on any atom is -0.329 e. The van der Waals surface area contributed by atoms with Gasteiger partial charge in [-0.1, -0.05) is 76.6 Å².